The van der Waals surface area contributed by atoms with Crippen LogP contribution in [0.2, 0.25) is 0 Å². The number of morpholine rings is 2. The van der Waals surface area contributed by atoms with Crippen molar-refractivity contribution in [1.29, 1.82) is 5.41 Å². The standard InChI is InChI=1S/C24H29N5O5/c25-22(26)17-3-5-18(6-4-17)27-23(31)20(30)21-24(32)29(11-14-34-21)19-7-1-16(2-8-19)15-28-9-12-33-13-10-28/h1-8,20-21,30H,9-15H2,(H3,25,26)(H,27,31)/t20-,21-/m1/s1. The van der Waals surface area contributed by atoms with E-state index in [2.05, 4.69) is 10.2 Å². The van der Waals surface area contributed by atoms with E-state index in [1.165, 1.54) is 4.90 Å². The zero-order valence-corrected chi connectivity index (χ0v) is 18.8. The van der Waals surface area contributed by atoms with Gasteiger partial charge in [0.1, 0.15) is 5.84 Å². The van der Waals surface area contributed by atoms with Gasteiger partial charge in [-0.1, -0.05) is 12.1 Å². The predicted molar refractivity (Wildman–Crippen MR) is 127 cm³/mol. The molecule has 10 nitrogen and oxygen atoms in total. The number of nitrogen functional groups attached to an aromatic ring is 1. The number of ether oxygens (including phenoxy) is 2. The van der Waals surface area contributed by atoms with E-state index in [-0.39, 0.29) is 12.4 Å². The predicted octanol–water partition coefficient (Wildman–Crippen LogP) is 0.534. The first-order chi connectivity index (χ1) is 16.4. The van der Waals surface area contributed by atoms with Crippen LogP contribution in [0, 0.1) is 5.41 Å². The van der Waals surface area contributed by atoms with Crippen LogP contribution in [0.1, 0.15) is 11.1 Å². The Morgan fingerprint density at radius 1 is 1.09 bits per heavy atom. The second kappa shape index (κ2) is 10.7. The molecular weight excluding hydrogens is 438 g/mol. The molecule has 2 fully saturated rings. The van der Waals surface area contributed by atoms with Crippen LogP contribution in [0.25, 0.3) is 0 Å². The summed E-state index contributed by atoms with van der Waals surface area (Å²) in [5, 5.41) is 20.5. The van der Waals surface area contributed by atoms with Crippen LogP contribution < -0.4 is 16.0 Å². The van der Waals surface area contributed by atoms with Gasteiger partial charge in [0.2, 0.25) is 0 Å². The third-order valence-corrected chi connectivity index (χ3v) is 5.90. The van der Waals surface area contributed by atoms with Gasteiger partial charge in [-0.3, -0.25) is 19.9 Å². The molecule has 0 bridgehead atoms. The Morgan fingerprint density at radius 2 is 1.76 bits per heavy atom. The van der Waals surface area contributed by atoms with Crippen molar-refractivity contribution < 1.29 is 24.2 Å². The van der Waals surface area contributed by atoms with Gasteiger partial charge in [-0.2, -0.15) is 0 Å². The number of benzene rings is 2. The first-order valence-corrected chi connectivity index (χ1v) is 11.2. The number of rotatable bonds is 7. The number of aliphatic hydroxyl groups is 1. The van der Waals surface area contributed by atoms with Gasteiger partial charge in [-0.15, -0.1) is 0 Å². The molecule has 0 saturated carbocycles. The fourth-order valence-electron chi connectivity index (χ4n) is 3.97. The molecule has 2 atom stereocenters. The minimum absolute atomic E-state index is 0.0895. The Morgan fingerprint density at radius 3 is 2.41 bits per heavy atom. The molecule has 2 amide bonds. The van der Waals surface area contributed by atoms with Crippen molar-refractivity contribution in [3.63, 3.8) is 0 Å². The lowest BCUT2D eigenvalue weighted by Gasteiger charge is -2.34. The molecule has 2 heterocycles. The summed E-state index contributed by atoms with van der Waals surface area (Å²) in [6.07, 6.45) is -2.98. The molecule has 0 spiro atoms. The number of nitrogens with zero attached hydrogens (tertiary/aromatic N) is 2. The highest BCUT2D eigenvalue weighted by molar-refractivity contribution is 6.04. The average molecular weight is 468 g/mol. The van der Waals surface area contributed by atoms with Gasteiger partial charge in [0.25, 0.3) is 11.8 Å². The number of amides is 2. The zero-order valence-electron chi connectivity index (χ0n) is 18.8. The molecule has 180 valence electrons. The molecule has 4 rings (SSSR count). The first kappa shape index (κ1) is 23.8. The number of hydrogen-bond donors (Lipinski definition) is 4. The number of carbonyl (C=O) groups excluding carboxylic acids is 2. The van der Waals surface area contributed by atoms with E-state index >= 15 is 0 Å². The van der Waals surface area contributed by atoms with E-state index < -0.39 is 24.0 Å². The van der Waals surface area contributed by atoms with Crippen molar-refractivity contribution in [3.8, 4) is 0 Å². The molecule has 0 aliphatic carbocycles. The highest BCUT2D eigenvalue weighted by Crippen LogP contribution is 2.22. The lowest BCUT2D eigenvalue weighted by molar-refractivity contribution is -0.150. The van der Waals surface area contributed by atoms with Crippen molar-refractivity contribution >= 4 is 29.0 Å². The topological polar surface area (TPSA) is 141 Å². The monoisotopic (exact) mass is 467 g/mol. The lowest BCUT2D eigenvalue weighted by Crippen LogP contribution is -2.55. The number of aliphatic hydroxyl groups excluding tert-OH is 1. The Balaban J connectivity index is 1.37. The van der Waals surface area contributed by atoms with Crippen LogP contribution in [0.5, 0.6) is 0 Å². The maximum Gasteiger partial charge on any atom is 0.259 e. The summed E-state index contributed by atoms with van der Waals surface area (Å²) in [6.45, 7) is 4.61. The Labute approximate surface area is 197 Å². The quantitative estimate of drug-likeness (QED) is 0.344. The van der Waals surface area contributed by atoms with E-state index in [1.54, 1.807) is 24.3 Å². The summed E-state index contributed by atoms with van der Waals surface area (Å²) in [5.74, 6) is -1.31. The summed E-state index contributed by atoms with van der Waals surface area (Å²) in [4.78, 5) is 29.5. The normalized spacial score (nSPS) is 20.1. The maximum atomic E-state index is 13.0. The highest BCUT2D eigenvalue weighted by atomic mass is 16.5. The van der Waals surface area contributed by atoms with E-state index in [0.717, 1.165) is 38.4 Å². The van der Waals surface area contributed by atoms with E-state index in [9.17, 15) is 14.7 Å². The van der Waals surface area contributed by atoms with Gasteiger partial charge >= 0.3 is 0 Å². The SMILES string of the molecule is N=C(N)c1ccc(NC(=O)[C@H](O)[C@H]2OCCN(c3ccc(CN4CCOCC4)cc3)C2=O)cc1. The second-order valence-corrected chi connectivity index (χ2v) is 8.26. The third-order valence-electron chi connectivity index (χ3n) is 5.90. The fourth-order valence-corrected chi connectivity index (χ4v) is 3.97. The number of nitrogens with two attached hydrogens (primary N) is 1. The number of carbonyl (C=O) groups is 2. The summed E-state index contributed by atoms with van der Waals surface area (Å²) in [7, 11) is 0. The molecule has 5 N–H and O–H groups in total. The van der Waals surface area contributed by atoms with Crippen molar-refractivity contribution in [2.24, 2.45) is 5.73 Å². The minimum Gasteiger partial charge on any atom is -0.384 e. The Bertz CT molecular complexity index is 1020. The second-order valence-electron chi connectivity index (χ2n) is 8.26. The molecule has 2 aromatic rings. The molecule has 0 aromatic heterocycles. The number of nitrogens with one attached hydrogen (secondary N) is 2. The van der Waals surface area contributed by atoms with Crippen LogP contribution in [0.3, 0.4) is 0 Å². The van der Waals surface area contributed by atoms with Gasteiger partial charge in [0, 0.05) is 43.1 Å². The first-order valence-electron chi connectivity index (χ1n) is 11.2. The fraction of sp³-hybridized carbons (Fsp3) is 0.375. The molecule has 2 saturated heterocycles. The largest absolute Gasteiger partial charge is 0.384 e. The Kier molecular flexibility index (Phi) is 7.53. The van der Waals surface area contributed by atoms with Crippen LogP contribution >= 0.6 is 0 Å². The van der Waals surface area contributed by atoms with Crippen molar-refractivity contribution in [2.75, 3.05) is 49.7 Å². The number of anilines is 2. The Hall–Kier alpha value is -3.31. The van der Waals surface area contributed by atoms with Gasteiger partial charge in [0.15, 0.2) is 12.2 Å². The lowest BCUT2D eigenvalue weighted by atomic mass is 10.1. The van der Waals surface area contributed by atoms with E-state index in [1.807, 2.05) is 24.3 Å². The number of hydrogen-bond acceptors (Lipinski definition) is 7. The molecular formula is C24H29N5O5. The van der Waals surface area contributed by atoms with Crippen molar-refractivity contribution in [3.05, 3.63) is 59.7 Å². The van der Waals surface area contributed by atoms with Gasteiger partial charge in [-0.25, -0.2) is 0 Å². The van der Waals surface area contributed by atoms with Gasteiger partial charge in [-0.05, 0) is 42.0 Å². The van der Waals surface area contributed by atoms with Gasteiger partial charge in [0.05, 0.1) is 19.8 Å². The van der Waals surface area contributed by atoms with Crippen LogP contribution in [0.4, 0.5) is 11.4 Å². The van der Waals surface area contributed by atoms with E-state index in [0.29, 0.717) is 23.5 Å². The van der Waals surface area contributed by atoms with Crippen molar-refractivity contribution in [1.82, 2.24) is 4.90 Å². The average Bonchev–Trinajstić information content (AvgIpc) is 2.85. The van der Waals surface area contributed by atoms with Gasteiger partial charge < -0.3 is 30.5 Å². The van der Waals surface area contributed by atoms with Crippen LogP contribution in [-0.2, 0) is 25.6 Å². The number of amidine groups is 1. The molecule has 0 unspecified atom stereocenters. The molecule has 10 heteroatoms. The maximum absolute atomic E-state index is 13.0. The van der Waals surface area contributed by atoms with Crippen molar-refractivity contribution in [2.45, 2.75) is 18.8 Å². The molecule has 2 aliphatic rings. The third kappa shape index (κ3) is 5.60. The molecule has 34 heavy (non-hydrogen) atoms. The zero-order chi connectivity index (χ0) is 24.1. The summed E-state index contributed by atoms with van der Waals surface area (Å²) < 4.78 is 10.9. The highest BCUT2D eigenvalue weighted by Gasteiger charge is 2.39. The summed E-state index contributed by atoms with van der Waals surface area (Å²) >= 11 is 0. The minimum atomic E-state index is -1.68. The van der Waals surface area contributed by atoms with Crippen LogP contribution in [0.15, 0.2) is 48.5 Å². The summed E-state index contributed by atoms with van der Waals surface area (Å²) in [5.41, 5.74) is 8.17. The van der Waals surface area contributed by atoms with E-state index in [4.69, 9.17) is 20.6 Å². The smallest absolute Gasteiger partial charge is 0.259 e. The molecule has 2 aromatic carbocycles. The molecule has 0 radical (unpaired) electrons. The summed E-state index contributed by atoms with van der Waals surface area (Å²) in [6, 6.07) is 14.0. The van der Waals surface area contributed by atoms with Crippen LogP contribution in [-0.4, -0.2) is 79.3 Å². The molecule has 2 aliphatic heterocycles.